The number of aliphatic imine (C=N–C) groups is 1. The van der Waals surface area contributed by atoms with Crippen LogP contribution < -0.4 is 0 Å². The van der Waals surface area contributed by atoms with Crippen LogP contribution in [0.3, 0.4) is 0 Å². The molecule has 0 N–H and O–H groups in total. The highest BCUT2D eigenvalue weighted by Crippen LogP contribution is 2.46. The predicted molar refractivity (Wildman–Crippen MR) is 123 cm³/mol. The highest BCUT2D eigenvalue weighted by atomic mass is 79.9. The Bertz CT molecular complexity index is 1310. The number of fused-ring (bicyclic) bond motifs is 2. The minimum Gasteiger partial charge on any atom is -0.455 e. The summed E-state index contributed by atoms with van der Waals surface area (Å²) in [6, 6.07) is 22.7. The van der Waals surface area contributed by atoms with Gasteiger partial charge < -0.3 is 4.42 Å². The maximum Gasteiger partial charge on any atom is 0.269 e. The number of hydrogen-bond donors (Lipinski definition) is 0. The second-order valence-corrected chi connectivity index (χ2v) is 9.14. The number of nitrogens with zero attached hydrogens (tertiary/aromatic N) is 2. The van der Waals surface area contributed by atoms with Gasteiger partial charge in [-0.2, -0.15) is 0 Å². The van der Waals surface area contributed by atoms with Crippen molar-refractivity contribution in [2.24, 2.45) is 4.99 Å². The average Bonchev–Trinajstić information content (AvgIpc) is 3.06. The van der Waals surface area contributed by atoms with Crippen LogP contribution in [0, 0.1) is 10.1 Å². The molecular formula is C23H15BrN2O3S. The number of nitro benzene ring substituents is 1. The molecule has 1 unspecified atom stereocenters. The molecule has 2 heterocycles. The van der Waals surface area contributed by atoms with E-state index in [0.717, 1.165) is 43.1 Å². The monoisotopic (exact) mass is 478 g/mol. The summed E-state index contributed by atoms with van der Waals surface area (Å²) >= 11 is 5.17. The van der Waals surface area contributed by atoms with Gasteiger partial charge in [-0.3, -0.25) is 10.1 Å². The van der Waals surface area contributed by atoms with Crippen molar-refractivity contribution in [1.82, 2.24) is 0 Å². The lowest BCUT2D eigenvalue weighted by Crippen LogP contribution is -2.04. The molecule has 5 nitrogen and oxygen atoms in total. The van der Waals surface area contributed by atoms with E-state index in [-0.39, 0.29) is 15.9 Å². The van der Waals surface area contributed by atoms with Crippen molar-refractivity contribution in [2.75, 3.05) is 0 Å². The van der Waals surface area contributed by atoms with Gasteiger partial charge in [0.25, 0.3) is 5.69 Å². The molecule has 0 spiro atoms. The highest BCUT2D eigenvalue weighted by Gasteiger charge is 2.25. The molecule has 0 saturated heterocycles. The van der Waals surface area contributed by atoms with E-state index in [9.17, 15) is 10.1 Å². The number of hydrogen-bond acceptors (Lipinski definition) is 5. The predicted octanol–water partition coefficient (Wildman–Crippen LogP) is 7.46. The third-order valence-corrected chi connectivity index (χ3v) is 6.80. The first-order valence-electron chi connectivity index (χ1n) is 9.34. The topological polar surface area (TPSA) is 68.6 Å². The second-order valence-electron chi connectivity index (χ2n) is 6.98. The summed E-state index contributed by atoms with van der Waals surface area (Å²) in [4.78, 5) is 16.9. The number of nitro groups is 1. The standard InChI is InChI=1S/C23H15BrN2O3S/c24-16-8-9-20-15(10-16)12-21(29-20)19-13-23(14-4-3-5-17(11-14)26(27)28)30-22-7-2-1-6-18(22)25-19/h1-12,23H,13H2. The fraction of sp³-hybridized carbons (Fsp3) is 0.0870. The Labute approximate surface area is 185 Å². The molecule has 1 aliphatic heterocycles. The zero-order chi connectivity index (χ0) is 20.7. The van der Waals surface area contributed by atoms with Crippen LogP contribution in [-0.4, -0.2) is 10.6 Å². The molecule has 3 aromatic carbocycles. The first kappa shape index (κ1) is 19.1. The lowest BCUT2D eigenvalue weighted by Gasteiger charge is -2.15. The Kier molecular flexibility index (Phi) is 4.92. The molecule has 0 fully saturated rings. The van der Waals surface area contributed by atoms with Crippen molar-refractivity contribution in [2.45, 2.75) is 16.6 Å². The van der Waals surface area contributed by atoms with Crippen molar-refractivity contribution in [3.63, 3.8) is 0 Å². The molecule has 148 valence electrons. The van der Waals surface area contributed by atoms with Gasteiger partial charge >= 0.3 is 0 Å². The van der Waals surface area contributed by atoms with Gasteiger partial charge in [0.1, 0.15) is 11.3 Å². The van der Waals surface area contributed by atoms with Gasteiger partial charge in [-0.1, -0.05) is 40.2 Å². The third kappa shape index (κ3) is 3.66. The van der Waals surface area contributed by atoms with E-state index in [1.807, 2.05) is 54.6 Å². The molecule has 5 rings (SSSR count). The minimum atomic E-state index is -0.356. The van der Waals surface area contributed by atoms with Gasteiger partial charge in [0.05, 0.1) is 16.3 Å². The second kappa shape index (κ2) is 7.74. The molecule has 1 aromatic heterocycles. The first-order chi connectivity index (χ1) is 14.6. The molecule has 0 radical (unpaired) electrons. The lowest BCUT2D eigenvalue weighted by molar-refractivity contribution is -0.384. The number of para-hydroxylation sites is 1. The largest absolute Gasteiger partial charge is 0.455 e. The number of halogens is 1. The van der Waals surface area contributed by atoms with Gasteiger partial charge in [-0.05, 0) is 42.0 Å². The van der Waals surface area contributed by atoms with Crippen LogP contribution in [0.15, 0.2) is 91.6 Å². The fourth-order valence-electron chi connectivity index (χ4n) is 3.55. The Morgan fingerprint density at radius 1 is 1.07 bits per heavy atom. The van der Waals surface area contributed by atoms with E-state index in [1.165, 1.54) is 6.07 Å². The Hall–Kier alpha value is -2.90. The molecular weight excluding hydrogens is 464 g/mol. The van der Waals surface area contributed by atoms with Gasteiger partial charge in [0, 0.05) is 38.6 Å². The Morgan fingerprint density at radius 3 is 2.80 bits per heavy atom. The number of thioether (sulfide) groups is 1. The summed E-state index contributed by atoms with van der Waals surface area (Å²) in [5, 5.41) is 12.2. The zero-order valence-electron chi connectivity index (χ0n) is 15.6. The van der Waals surface area contributed by atoms with Crippen molar-refractivity contribution in [3.8, 4) is 0 Å². The van der Waals surface area contributed by atoms with E-state index in [2.05, 4.69) is 15.9 Å². The van der Waals surface area contributed by atoms with E-state index in [0.29, 0.717) is 6.42 Å². The van der Waals surface area contributed by atoms with Crippen LogP contribution in [0.2, 0.25) is 0 Å². The average molecular weight is 479 g/mol. The Balaban J connectivity index is 1.61. The molecule has 7 heteroatoms. The smallest absolute Gasteiger partial charge is 0.269 e. The van der Waals surface area contributed by atoms with Gasteiger partial charge in [-0.15, -0.1) is 11.8 Å². The molecule has 1 aliphatic rings. The maximum absolute atomic E-state index is 11.3. The first-order valence-corrected chi connectivity index (χ1v) is 11.0. The molecule has 1 atom stereocenters. The van der Waals surface area contributed by atoms with Crippen LogP contribution in [0.4, 0.5) is 11.4 Å². The van der Waals surface area contributed by atoms with Crippen LogP contribution in [0.5, 0.6) is 0 Å². The number of non-ortho nitro benzene ring substituents is 1. The highest BCUT2D eigenvalue weighted by molar-refractivity contribution is 9.10. The van der Waals surface area contributed by atoms with E-state index >= 15 is 0 Å². The summed E-state index contributed by atoms with van der Waals surface area (Å²) in [5.41, 5.74) is 3.51. The normalized spacial score (nSPS) is 16.0. The van der Waals surface area contributed by atoms with E-state index in [4.69, 9.17) is 9.41 Å². The molecule has 0 saturated carbocycles. The van der Waals surface area contributed by atoms with Crippen LogP contribution in [0.1, 0.15) is 23.0 Å². The summed E-state index contributed by atoms with van der Waals surface area (Å²) in [6.07, 6.45) is 0.599. The van der Waals surface area contributed by atoms with E-state index < -0.39 is 0 Å². The lowest BCUT2D eigenvalue weighted by atomic mass is 10.0. The van der Waals surface area contributed by atoms with Crippen molar-refractivity contribution in [1.29, 1.82) is 0 Å². The van der Waals surface area contributed by atoms with Gasteiger partial charge in [0.15, 0.2) is 0 Å². The van der Waals surface area contributed by atoms with Crippen LogP contribution in [0.25, 0.3) is 11.0 Å². The molecule has 4 aromatic rings. The zero-order valence-corrected chi connectivity index (χ0v) is 18.0. The van der Waals surface area contributed by atoms with Gasteiger partial charge in [0.2, 0.25) is 0 Å². The minimum absolute atomic E-state index is 0.0211. The summed E-state index contributed by atoms with van der Waals surface area (Å²) in [7, 11) is 0. The van der Waals surface area contributed by atoms with Gasteiger partial charge in [-0.25, -0.2) is 4.99 Å². The molecule has 30 heavy (non-hydrogen) atoms. The van der Waals surface area contributed by atoms with Crippen molar-refractivity contribution in [3.05, 3.63) is 98.7 Å². The van der Waals surface area contributed by atoms with E-state index in [1.54, 1.807) is 23.9 Å². The van der Waals surface area contributed by atoms with Crippen LogP contribution >= 0.6 is 27.7 Å². The molecule has 0 aliphatic carbocycles. The molecule has 0 amide bonds. The number of benzene rings is 3. The third-order valence-electron chi connectivity index (χ3n) is 4.98. The summed E-state index contributed by atoms with van der Waals surface area (Å²) in [5.74, 6) is 0.718. The summed E-state index contributed by atoms with van der Waals surface area (Å²) < 4.78 is 7.10. The quantitative estimate of drug-likeness (QED) is 0.226. The van der Waals surface area contributed by atoms with Crippen molar-refractivity contribution < 1.29 is 9.34 Å². The Morgan fingerprint density at radius 2 is 1.93 bits per heavy atom. The number of furan rings is 1. The maximum atomic E-state index is 11.3. The molecule has 0 bridgehead atoms. The SMILES string of the molecule is O=[N+]([O-])c1cccc(C2CC(c3cc4cc(Br)ccc4o3)=Nc3ccccc3S2)c1. The fourth-order valence-corrected chi connectivity index (χ4v) is 5.15. The number of rotatable bonds is 3. The van der Waals surface area contributed by atoms with Crippen molar-refractivity contribution >= 4 is 55.7 Å². The summed E-state index contributed by atoms with van der Waals surface area (Å²) in [6.45, 7) is 0. The van der Waals surface area contributed by atoms with Crippen LogP contribution in [-0.2, 0) is 0 Å².